The lowest BCUT2D eigenvalue weighted by Gasteiger charge is -2.08. The number of furan rings is 1. The Balaban J connectivity index is 1.71. The molecule has 26 heavy (non-hydrogen) atoms. The van der Waals surface area contributed by atoms with Crippen molar-refractivity contribution in [2.24, 2.45) is 0 Å². The molecule has 6 nitrogen and oxygen atoms in total. The first kappa shape index (κ1) is 15.8. The molecule has 0 aliphatic rings. The van der Waals surface area contributed by atoms with Gasteiger partial charge in [-0.1, -0.05) is 24.3 Å². The molecule has 1 N–H and O–H groups in total. The molecule has 0 unspecified atom stereocenters. The third-order valence-corrected chi connectivity index (χ3v) is 4.38. The van der Waals surface area contributed by atoms with E-state index in [4.69, 9.17) is 4.42 Å². The van der Waals surface area contributed by atoms with E-state index in [1.54, 1.807) is 25.1 Å². The highest BCUT2D eigenvalue weighted by Gasteiger charge is 2.18. The largest absolute Gasteiger partial charge is 0.456 e. The van der Waals surface area contributed by atoms with Gasteiger partial charge >= 0.3 is 0 Å². The first-order valence-electron chi connectivity index (χ1n) is 8.01. The van der Waals surface area contributed by atoms with Gasteiger partial charge in [0.15, 0.2) is 0 Å². The Morgan fingerprint density at radius 1 is 1.00 bits per heavy atom. The summed E-state index contributed by atoms with van der Waals surface area (Å²) in [6.45, 7) is 1.57. The van der Waals surface area contributed by atoms with Gasteiger partial charge in [-0.2, -0.15) is 0 Å². The van der Waals surface area contributed by atoms with E-state index < -0.39 is 10.8 Å². The van der Waals surface area contributed by atoms with Crippen molar-refractivity contribution in [1.82, 2.24) is 0 Å². The minimum Gasteiger partial charge on any atom is -0.456 e. The van der Waals surface area contributed by atoms with E-state index in [9.17, 15) is 14.9 Å². The Hall–Kier alpha value is -3.67. The van der Waals surface area contributed by atoms with Crippen LogP contribution >= 0.6 is 0 Å². The number of hydrogen-bond donors (Lipinski definition) is 1. The number of amides is 1. The number of carbonyl (C=O) groups excluding carboxylic acids is 1. The van der Waals surface area contributed by atoms with Crippen LogP contribution in [0.4, 0.5) is 11.4 Å². The highest BCUT2D eigenvalue weighted by molar-refractivity contribution is 6.09. The maximum Gasteiger partial charge on any atom is 0.273 e. The zero-order chi connectivity index (χ0) is 18.3. The Labute approximate surface area is 148 Å². The maximum absolute atomic E-state index is 12.6. The number of carbonyl (C=O) groups is 1. The second-order valence-corrected chi connectivity index (χ2v) is 5.97. The number of nitrogens with one attached hydrogen (secondary N) is 1. The average molecular weight is 346 g/mol. The number of benzene rings is 3. The van der Waals surface area contributed by atoms with Crippen LogP contribution in [0.5, 0.6) is 0 Å². The van der Waals surface area contributed by atoms with Gasteiger partial charge in [0.1, 0.15) is 11.2 Å². The molecule has 3 aromatic carbocycles. The average Bonchev–Trinajstić information content (AvgIpc) is 2.99. The number of nitrogens with zero attached hydrogens (tertiary/aromatic N) is 1. The standard InChI is InChI=1S/C20H14N2O4/c1-12-14(6-4-7-17(12)22(24)25)20(23)21-13-9-10-19-16(11-13)15-5-2-3-8-18(15)26-19/h2-11H,1H3,(H,21,23). The third kappa shape index (κ3) is 2.57. The fraction of sp³-hybridized carbons (Fsp3) is 0.0500. The molecule has 0 bridgehead atoms. The first-order valence-corrected chi connectivity index (χ1v) is 8.01. The Kier molecular flexibility index (Phi) is 3.65. The second-order valence-electron chi connectivity index (χ2n) is 5.97. The first-order chi connectivity index (χ1) is 12.5. The lowest BCUT2D eigenvalue weighted by molar-refractivity contribution is -0.385. The molecule has 6 heteroatoms. The molecular formula is C20H14N2O4. The van der Waals surface area contributed by atoms with Crippen LogP contribution < -0.4 is 5.32 Å². The van der Waals surface area contributed by atoms with Crippen LogP contribution in [0.1, 0.15) is 15.9 Å². The summed E-state index contributed by atoms with van der Waals surface area (Å²) in [6, 6.07) is 17.5. The van der Waals surface area contributed by atoms with Gasteiger partial charge in [-0.25, -0.2) is 0 Å². The number of fused-ring (bicyclic) bond motifs is 3. The highest BCUT2D eigenvalue weighted by atomic mass is 16.6. The minimum absolute atomic E-state index is 0.0751. The Bertz CT molecular complexity index is 1180. The lowest BCUT2D eigenvalue weighted by Crippen LogP contribution is -2.14. The fourth-order valence-electron chi connectivity index (χ4n) is 3.07. The molecule has 0 saturated carbocycles. The molecule has 0 fully saturated rings. The van der Waals surface area contributed by atoms with Gasteiger partial charge in [-0.3, -0.25) is 14.9 Å². The minimum atomic E-state index is -0.490. The second kappa shape index (κ2) is 6.00. The molecule has 128 valence electrons. The predicted molar refractivity (Wildman–Crippen MR) is 99.5 cm³/mol. The summed E-state index contributed by atoms with van der Waals surface area (Å²) in [5.41, 5.74) is 2.64. The van der Waals surface area contributed by atoms with Gasteiger partial charge in [-0.05, 0) is 37.3 Å². The summed E-state index contributed by atoms with van der Waals surface area (Å²) in [6.07, 6.45) is 0. The van der Waals surface area contributed by atoms with E-state index in [-0.39, 0.29) is 11.3 Å². The van der Waals surface area contributed by atoms with Crippen molar-refractivity contribution in [3.05, 3.63) is 81.9 Å². The van der Waals surface area contributed by atoms with E-state index in [1.807, 2.05) is 30.3 Å². The van der Waals surface area contributed by atoms with Crippen LogP contribution in [0.25, 0.3) is 21.9 Å². The van der Waals surface area contributed by atoms with Crippen molar-refractivity contribution in [2.45, 2.75) is 6.92 Å². The van der Waals surface area contributed by atoms with Crippen molar-refractivity contribution >= 4 is 39.2 Å². The zero-order valence-electron chi connectivity index (χ0n) is 13.9. The summed E-state index contributed by atoms with van der Waals surface area (Å²) < 4.78 is 5.77. The number of para-hydroxylation sites is 1. The van der Waals surface area contributed by atoms with Crippen LogP contribution in [0.2, 0.25) is 0 Å². The zero-order valence-corrected chi connectivity index (χ0v) is 13.9. The molecule has 0 radical (unpaired) electrons. The molecule has 0 saturated heterocycles. The topological polar surface area (TPSA) is 85.4 Å². The fourth-order valence-corrected chi connectivity index (χ4v) is 3.07. The summed E-state index contributed by atoms with van der Waals surface area (Å²) in [5, 5.41) is 15.7. The number of nitro benzene ring substituents is 1. The molecule has 1 heterocycles. The molecule has 4 aromatic rings. The van der Waals surface area contributed by atoms with Gasteiger partial charge < -0.3 is 9.73 Å². The third-order valence-electron chi connectivity index (χ3n) is 4.38. The highest BCUT2D eigenvalue weighted by Crippen LogP contribution is 2.31. The van der Waals surface area contributed by atoms with Crippen LogP contribution in [0, 0.1) is 17.0 Å². The van der Waals surface area contributed by atoms with Gasteiger partial charge in [0.05, 0.1) is 4.92 Å². The molecular weight excluding hydrogens is 332 g/mol. The molecule has 0 aliphatic heterocycles. The SMILES string of the molecule is Cc1c(C(=O)Nc2ccc3oc4ccccc4c3c2)cccc1[N+](=O)[O-]. The normalized spacial score (nSPS) is 11.0. The number of anilines is 1. The van der Waals surface area contributed by atoms with E-state index in [1.165, 1.54) is 12.1 Å². The molecule has 0 spiro atoms. The number of rotatable bonds is 3. The van der Waals surface area contributed by atoms with Crippen LogP contribution in [0.3, 0.4) is 0 Å². The van der Waals surface area contributed by atoms with Crippen molar-refractivity contribution in [3.8, 4) is 0 Å². The van der Waals surface area contributed by atoms with Gasteiger partial charge in [0.2, 0.25) is 0 Å². The summed E-state index contributed by atoms with van der Waals surface area (Å²) in [4.78, 5) is 23.2. The summed E-state index contributed by atoms with van der Waals surface area (Å²) in [5.74, 6) is -0.390. The molecule has 1 aromatic heterocycles. The maximum atomic E-state index is 12.6. The quantitative estimate of drug-likeness (QED) is 0.415. The smallest absolute Gasteiger partial charge is 0.273 e. The van der Waals surface area contributed by atoms with Crippen molar-refractivity contribution < 1.29 is 14.1 Å². The monoisotopic (exact) mass is 346 g/mol. The van der Waals surface area contributed by atoms with Crippen molar-refractivity contribution in [3.63, 3.8) is 0 Å². The van der Waals surface area contributed by atoms with Gasteiger partial charge in [-0.15, -0.1) is 0 Å². The van der Waals surface area contributed by atoms with Crippen LogP contribution in [-0.2, 0) is 0 Å². The van der Waals surface area contributed by atoms with Gasteiger partial charge in [0.25, 0.3) is 11.6 Å². The summed E-state index contributed by atoms with van der Waals surface area (Å²) in [7, 11) is 0. The van der Waals surface area contributed by atoms with E-state index in [0.29, 0.717) is 11.3 Å². The van der Waals surface area contributed by atoms with E-state index in [0.717, 1.165) is 21.9 Å². The Morgan fingerprint density at radius 2 is 1.77 bits per heavy atom. The number of hydrogen-bond acceptors (Lipinski definition) is 4. The molecule has 4 rings (SSSR count). The van der Waals surface area contributed by atoms with E-state index in [2.05, 4.69) is 5.32 Å². The van der Waals surface area contributed by atoms with Crippen LogP contribution in [0.15, 0.2) is 65.1 Å². The number of nitro groups is 1. The Morgan fingerprint density at radius 3 is 2.58 bits per heavy atom. The predicted octanol–water partition coefficient (Wildman–Crippen LogP) is 5.05. The van der Waals surface area contributed by atoms with Crippen molar-refractivity contribution in [1.29, 1.82) is 0 Å². The molecule has 0 aliphatic carbocycles. The van der Waals surface area contributed by atoms with Gasteiger partial charge in [0, 0.05) is 33.7 Å². The van der Waals surface area contributed by atoms with E-state index >= 15 is 0 Å². The van der Waals surface area contributed by atoms with Crippen LogP contribution in [-0.4, -0.2) is 10.8 Å². The lowest BCUT2D eigenvalue weighted by atomic mass is 10.1. The molecule has 1 amide bonds. The van der Waals surface area contributed by atoms with Crippen molar-refractivity contribution in [2.75, 3.05) is 5.32 Å². The summed E-state index contributed by atoms with van der Waals surface area (Å²) >= 11 is 0. The molecule has 0 atom stereocenters.